The van der Waals surface area contributed by atoms with Gasteiger partial charge in [0.05, 0.1) is 0 Å². The smallest absolute Gasteiger partial charge is 0.133 e. The van der Waals surface area contributed by atoms with Crippen LogP contribution in [0.3, 0.4) is 0 Å². The third-order valence-electron chi connectivity index (χ3n) is 8.15. The zero-order valence-corrected chi connectivity index (χ0v) is 13.3. The second kappa shape index (κ2) is 4.34. The molecule has 6 unspecified atom stereocenters. The van der Waals surface area contributed by atoms with Crippen molar-refractivity contribution in [2.75, 3.05) is 0 Å². The van der Waals surface area contributed by atoms with Gasteiger partial charge in [-0.25, -0.2) is 0 Å². The maximum atomic E-state index is 12.1. The molecule has 0 aromatic rings. The van der Waals surface area contributed by atoms with Crippen molar-refractivity contribution in [2.24, 2.45) is 34.5 Å². The molecule has 1 nitrogen and oxygen atoms in total. The maximum absolute atomic E-state index is 12.1. The van der Waals surface area contributed by atoms with Crippen LogP contribution in [0.15, 0.2) is 0 Å². The van der Waals surface area contributed by atoms with Gasteiger partial charge in [-0.3, -0.25) is 4.79 Å². The normalized spacial score (nSPS) is 55.0. The average molecular weight is 274 g/mol. The van der Waals surface area contributed by atoms with Gasteiger partial charge in [0.2, 0.25) is 0 Å². The largest absolute Gasteiger partial charge is 0.300 e. The van der Waals surface area contributed by atoms with E-state index in [0.717, 1.165) is 36.5 Å². The molecule has 0 radical (unpaired) electrons. The molecule has 0 amide bonds. The summed E-state index contributed by atoms with van der Waals surface area (Å²) < 4.78 is 0. The molecular formula is C19H30O. The fourth-order valence-corrected chi connectivity index (χ4v) is 7.07. The first kappa shape index (κ1) is 13.3. The lowest BCUT2D eigenvalue weighted by atomic mass is 9.45. The number of fused-ring (bicyclic) bond motifs is 5. The Hall–Kier alpha value is -0.330. The van der Waals surface area contributed by atoms with Crippen molar-refractivity contribution in [3.05, 3.63) is 0 Å². The van der Waals surface area contributed by atoms with Crippen molar-refractivity contribution in [1.29, 1.82) is 0 Å². The molecule has 6 atom stereocenters. The molecule has 0 aromatic heterocycles. The number of carbonyl (C=O) groups excluding carboxylic acids is 1. The fraction of sp³-hybridized carbons (Fsp3) is 0.947. The molecule has 4 rings (SSSR count). The van der Waals surface area contributed by atoms with Gasteiger partial charge in [-0.05, 0) is 73.0 Å². The molecule has 0 spiro atoms. The van der Waals surface area contributed by atoms with Gasteiger partial charge in [0.15, 0.2) is 0 Å². The highest BCUT2D eigenvalue weighted by atomic mass is 16.1. The molecule has 0 aliphatic heterocycles. The van der Waals surface area contributed by atoms with Crippen molar-refractivity contribution in [1.82, 2.24) is 0 Å². The highest BCUT2D eigenvalue weighted by Gasteiger charge is 2.58. The summed E-state index contributed by atoms with van der Waals surface area (Å²) in [7, 11) is 0. The maximum Gasteiger partial charge on any atom is 0.133 e. The van der Waals surface area contributed by atoms with E-state index in [0.29, 0.717) is 16.6 Å². The third kappa shape index (κ3) is 1.70. The summed E-state index contributed by atoms with van der Waals surface area (Å²) in [6.07, 6.45) is 13.3. The average Bonchev–Trinajstić information content (AvgIpc) is 2.72. The van der Waals surface area contributed by atoms with E-state index in [2.05, 4.69) is 13.8 Å². The van der Waals surface area contributed by atoms with Gasteiger partial charge in [-0.1, -0.05) is 26.7 Å². The van der Waals surface area contributed by atoms with E-state index in [9.17, 15) is 4.79 Å². The van der Waals surface area contributed by atoms with Gasteiger partial charge < -0.3 is 0 Å². The van der Waals surface area contributed by atoms with Crippen LogP contribution in [0.5, 0.6) is 0 Å². The molecule has 0 bridgehead atoms. The first-order chi connectivity index (χ1) is 9.53. The Kier molecular flexibility index (Phi) is 2.89. The molecular weight excluding hydrogens is 244 g/mol. The molecule has 0 heterocycles. The molecule has 20 heavy (non-hydrogen) atoms. The predicted molar refractivity (Wildman–Crippen MR) is 81.4 cm³/mol. The summed E-state index contributed by atoms with van der Waals surface area (Å²) >= 11 is 0. The standard InChI is InChI=1S/C19H30O/c1-18-10-8-16-15(17(18)11-14(20)12-18)7-6-13-5-3-4-9-19(13,16)2/h13,15-17H,3-12H2,1-2H3. The zero-order valence-electron chi connectivity index (χ0n) is 13.3. The van der Waals surface area contributed by atoms with Gasteiger partial charge in [-0.15, -0.1) is 0 Å². The molecule has 0 saturated heterocycles. The highest BCUT2D eigenvalue weighted by molar-refractivity contribution is 5.82. The van der Waals surface area contributed by atoms with Crippen molar-refractivity contribution in [3.8, 4) is 0 Å². The molecule has 0 N–H and O–H groups in total. The van der Waals surface area contributed by atoms with E-state index in [1.54, 1.807) is 0 Å². The van der Waals surface area contributed by atoms with E-state index in [4.69, 9.17) is 0 Å². The van der Waals surface area contributed by atoms with Crippen LogP contribution in [-0.2, 0) is 4.79 Å². The van der Waals surface area contributed by atoms with Crippen LogP contribution in [0.2, 0.25) is 0 Å². The van der Waals surface area contributed by atoms with E-state index in [1.807, 2.05) is 0 Å². The van der Waals surface area contributed by atoms with Crippen LogP contribution in [0.1, 0.15) is 78.1 Å². The van der Waals surface area contributed by atoms with Crippen LogP contribution >= 0.6 is 0 Å². The zero-order chi connectivity index (χ0) is 14.0. The van der Waals surface area contributed by atoms with Crippen molar-refractivity contribution < 1.29 is 4.79 Å². The number of hydrogen-bond donors (Lipinski definition) is 0. The fourth-order valence-electron chi connectivity index (χ4n) is 7.07. The lowest BCUT2D eigenvalue weighted by Crippen LogP contribution is -2.51. The number of hydrogen-bond acceptors (Lipinski definition) is 1. The summed E-state index contributed by atoms with van der Waals surface area (Å²) in [5, 5.41) is 0. The Bertz CT molecular complexity index is 427. The van der Waals surface area contributed by atoms with E-state index in [-0.39, 0.29) is 0 Å². The first-order valence-corrected chi connectivity index (χ1v) is 9.05. The van der Waals surface area contributed by atoms with Gasteiger partial charge in [0, 0.05) is 12.8 Å². The molecule has 4 aliphatic carbocycles. The third-order valence-corrected chi connectivity index (χ3v) is 8.15. The van der Waals surface area contributed by atoms with E-state index < -0.39 is 0 Å². The minimum absolute atomic E-state index is 0.371. The summed E-state index contributed by atoms with van der Waals surface area (Å²) in [5.74, 6) is 4.10. The van der Waals surface area contributed by atoms with Crippen LogP contribution in [-0.4, -0.2) is 5.78 Å². The number of carbonyl (C=O) groups is 1. The van der Waals surface area contributed by atoms with Crippen LogP contribution in [0.25, 0.3) is 0 Å². The minimum atomic E-state index is 0.371. The van der Waals surface area contributed by atoms with Crippen LogP contribution < -0.4 is 0 Å². The molecule has 0 aromatic carbocycles. The van der Waals surface area contributed by atoms with Crippen LogP contribution in [0, 0.1) is 34.5 Å². The van der Waals surface area contributed by atoms with Gasteiger partial charge in [-0.2, -0.15) is 0 Å². The van der Waals surface area contributed by atoms with Crippen molar-refractivity contribution in [3.63, 3.8) is 0 Å². The molecule has 4 aliphatic rings. The monoisotopic (exact) mass is 274 g/mol. The number of rotatable bonds is 0. The first-order valence-electron chi connectivity index (χ1n) is 9.05. The van der Waals surface area contributed by atoms with E-state index in [1.165, 1.54) is 51.4 Å². The Morgan fingerprint density at radius 3 is 2.65 bits per heavy atom. The Morgan fingerprint density at radius 1 is 0.950 bits per heavy atom. The van der Waals surface area contributed by atoms with Gasteiger partial charge >= 0.3 is 0 Å². The van der Waals surface area contributed by atoms with Crippen molar-refractivity contribution in [2.45, 2.75) is 78.1 Å². The second-order valence-electron chi connectivity index (χ2n) is 9.01. The summed E-state index contributed by atoms with van der Waals surface area (Å²) in [5.41, 5.74) is 0.990. The van der Waals surface area contributed by atoms with E-state index >= 15 is 0 Å². The summed E-state index contributed by atoms with van der Waals surface area (Å²) in [6, 6.07) is 0. The summed E-state index contributed by atoms with van der Waals surface area (Å²) in [4.78, 5) is 12.1. The molecule has 4 fully saturated rings. The lowest BCUT2D eigenvalue weighted by Gasteiger charge is -2.59. The topological polar surface area (TPSA) is 17.1 Å². The minimum Gasteiger partial charge on any atom is -0.300 e. The summed E-state index contributed by atoms with van der Waals surface area (Å²) in [6.45, 7) is 5.04. The predicted octanol–water partition coefficient (Wildman–Crippen LogP) is 4.99. The lowest BCUT2D eigenvalue weighted by molar-refractivity contribution is -0.118. The SMILES string of the molecule is CC12CCC3C(CCC4CCCCC43C)C1CC(=O)C2. The number of ketones is 1. The second-order valence-corrected chi connectivity index (χ2v) is 9.01. The van der Waals surface area contributed by atoms with Crippen LogP contribution in [0.4, 0.5) is 0 Å². The number of Topliss-reactive ketones (excluding diaryl/α,β-unsaturated/α-hetero) is 1. The Labute approximate surface area is 123 Å². The van der Waals surface area contributed by atoms with Crippen molar-refractivity contribution >= 4 is 5.78 Å². The molecule has 1 heteroatoms. The van der Waals surface area contributed by atoms with Gasteiger partial charge in [0.25, 0.3) is 0 Å². The van der Waals surface area contributed by atoms with Gasteiger partial charge in [0.1, 0.15) is 5.78 Å². The molecule has 112 valence electrons. The quantitative estimate of drug-likeness (QED) is 0.608. The Balaban J connectivity index is 1.65. The highest BCUT2D eigenvalue weighted by Crippen LogP contribution is 2.65. The molecule has 4 saturated carbocycles. The Morgan fingerprint density at radius 2 is 1.80 bits per heavy atom.